The van der Waals surface area contributed by atoms with Gasteiger partial charge in [0.05, 0.1) is 18.8 Å². The molecule has 5 atom stereocenters. The van der Waals surface area contributed by atoms with Crippen molar-refractivity contribution in [2.24, 2.45) is 0 Å². The summed E-state index contributed by atoms with van der Waals surface area (Å²) < 4.78 is 54.6. The Morgan fingerprint density at radius 2 is 1.18 bits per heavy atom. The lowest BCUT2D eigenvalue weighted by Crippen LogP contribution is -2.63. The van der Waals surface area contributed by atoms with Gasteiger partial charge in [-0.1, -0.05) is 0 Å². The number of hydrogen-bond donors (Lipinski definition) is 4. The topological polar surface area (TPSA) is 217 Å². The van der Waals surface area contributed by atoms with Crippen molar-refractivity contribution in [1.82, 2.24) is 0 Å². The molecular formula is C33H33N3O15. The molecular weight excluding hydrogens is 678 g/mol. The van der Waals surface area contributed by atoms with Crippen molar-refractivity contribution in [1.29, 1.82) is 0 Å². The predicted octanol–water partition coefficient (Wildman–Crippen LogP) is 3.84. The molecule has 6 rings (SSSR count). The van der Waals surface area contributed by atoms with Crippen molar-refractivity contribution in [3.63, 3.8) is 0 Å². The van der Waals surface area contributed by atoms with E-state index in [0.717, 1.165) is 0 Å². The number of anilines is 3. The molecule has 2 unspecified atom stereocenters. The zero-order chi connectivity index (χ0) is 35.9. The van der Waals surface area contributed by atoms with E-state index in [9.17, 15) is 24.3 Å². The normalized spacial score (nSPS) is 21.2. The number of carbonyl (C=O) groups is 4. The highest BCUT2D eigenvalue weighted by molar-refractivity contribution is 5.91. The Morgan fingerprint density at radius 1 is 0.686 bits per heavy atom. The molecule has 3 heterocycles. The first-order chi connectivity index (χ1) is 24.7. The fraction of sp³-hybridized carbons (Fsp3) is 0.333. The Hall–Kier alpha value is -5.98. The molecule has 18 heteroatoms. The molecule has 3 aromatic rings. The summed E-state index contributed by atoms with van der Waals surface area (Å²) in [5, 5.41) is 17.8. The van der Waals surface area contributed by atoms with Crippen LogP contribution in [0.3, 0.4) is 0 Å². The van der Waals surface area contributed by atoms with E-state index in [1.54, 1.807) is 25.1 Å². The van der Waals surface area contributed by atoms with E-state index in [1.165, 1.54) is 49.6 Å². The second kappa shape index (κ2) is 15.7. The number of nitrogens with one attached hydrogen (secondary N) is 3. The molecule has 0 aliphatic carbocycles. The average Bonchev–Trinajstić information content (AvgIpc) is 3.79. The highest BCUT2D eigenvalue weighted by Gasteiger charge is 2.53. The van der Waals surface area contributed by atoms with Gasteiger partial charge >= 0.3 is 24.2 Å². The Kier molecular flexibility index (Phi) is 10.7. The number of carbonyl (C=O) groups excluding carboxylic acids is 4. The molecule has 3 aliphatic rings. The summed E-state index contributed by atoms with van der Waals surface area (Å²) in [6.07, 6.45) is -10.6. The van der Waals surface area contributed by atoms with Gasteiger partial charge in [-0.05, 0) is 55.5 Å². The first-order valence-electron chi connectivity index (χ1n) is 15.5. The minimum atomic E-state index is -1.62. The number of ether oxygens (including phenoxy) is 10. The maximum absolute atomic E-state index is 13.3. The summed E-state index contributed by atoms with van der Waals surface area (Å²) in [7, 11) is 1.24. The summed E-state index contributed by atoms with van der Waals surface area (Å²) in [6.45, 7) is 1.16. The summed E-state index contributed by atoms with van der Waals surface area (Å²) in [5.41, 5.74) is 1.03. The monoisotopic (exact) mass is 711 g/mol. The van der Waals surface area contributed by atoms with Crippen LogP contribution < -0.4 is 34.9 Å². The Balaban J connectivity index is 1.22. The van der Waals surface area contributed by atoms with E-state index in [0.29, 0.717) is 23.0 Å². The predicted molar refractivity (Wildman–Crippen MR) is 172 cm³/mol. The van der Waals surface area contributed by atoms with Crippen LogP contribution in [-0.4, -0.2) is 94.0 Å². The first kappa shape index (κ1) is 34.9. The van der Waals surface area contributed by atoms with Crippen LogP contribution >= 0.6 is 0 Å². The Morgan fingerprint density at radius 3 is 1.71 bits per heavy atom. The van der Waals surface area contributed by atoms with Crippen LogP contribution in [0.1, 0.15) is 17.3 Å². The number of methoxy groups -OCH3 is 1. The molecule has 0 radical (unpaired) electrons. The number of amides is 3. The van der Waals surface area contributed by atoms with Gasteiger partial charge in [-0.3, -0.25) is 16.0 Å². The zero-order valence-electron chi connectivity index (χ0n) is 27.2. The number of aliphatic hydroxyl groups excluding tert-OH is 1. The van der Waals surface area contributed by atoms with Gasteiger partial charge in [0.15, 0.2) is 47.6 Å². The summed E-state index contributed by atoms with van der Waals surface area (Å²) in [4.78, 5) is 51.7. The third-order valence-electron chi connectivity index (χ3n) is 7.61. The van der Waals surface area contributed by atoms with Gasteiger partial charge in [0.25, 0.3) is 0 Å². The van der Waals surface area contributed by atoms with Crippen molar-refractivity contribution >= 4 is 41.3 Å². The maximum Gasteiger partial charge on any atom is 0.412 e. The highest BCUT2D eigenvalue weighted by atomic mass is 16.7. The SMILES string of the molecule is CCOC(=O)c1ccc(NC(=O)O[C@H]2C(OC(=O)Nc3ccc4c(c3)OCO4)[C@@H](OC(=O)Nc3ccc4c(c3)OCO4)C(OC)O[C@@H]2CO)cc1. The number of hydrogen-bond acceptors (Lipinski definition) is 15. The molecule has 18 nitrogen and oxygen atoms in total. The molecule has 51 heavy (non-hydrogen) atoms. The van der Waals surface area contributed by atoms with Gasteiger partial charge in [-0.2, -0.15) is 0 Å². The smallest absolute Gasteiger partial charge is 0.412 e. The lowest BCUT2D eigenvalue weighted by molar-refractivity contribution is -0.290. The number of fused-ring (bicyclic) bond motifs is 2. The second-order valence-electron chi connectivity index (χ2n) is 10.9. The van der Waals surface area contributed by atoms with Crippen molar-refractivity contribution in [2.45, 2.75) is 37.6 Å². The number of aliphatic hydroxyl groups is 1. The van der Waals surface area contributed by atoms with Crippen molar-refractivity contribution in [3.05, 3.63) is 66.2 Å². The third kappa shape index (κ3) is 8.26. The molecule has 270 valence electrons. The maximum atomic E-state index is 13.3. The molecule has 0 bridgehead atoms. The van der Waals surface area contributed by atoms with Crippen LogP contribution in [0.15, 0.2) is 60.7 Å². The fourth-order valence-corrected chi connectivity index (χ4v) is 5.28. The van der Waals surface area contributed by atoms with Crippen LogP contribution in [0.25, 0.3) is 0 Å². The summed E-state index contributed by atoms with van der Waals surface area (Å²) in [5.74, 6) is 1.19. The van der Waals surface area contributed by atoms with Gasteiger partial charge in [0, 0.05) is 36.3 Å². The van der Waals surface area contributed by atoms with Crippen LogP contribution in [0.5, 0.6) is 23.0 Å². The molecule has 3 aliphatic heterocycles. The Bertz CT molecular complexity index is 1750. The quantitative estimate of drug-likeness (QED) is 0.174. The van der Waals surface area contributed by atoms with Crippen LogP contribution in [-0.2, 0) is 28.4 Å². The fourth-order valence-electron chi connectivity index (χ4n) is 5.28. The van der Waals surface area contributed by atoms with E-state index in [-0.39, 0.29) is 42.8 Å². The number of rotatable bonds is 10. The lowest BCUT2D eigenvalue weighted by Gasteiger charge is -2.43. The van der Waals surface area contributed by atoms with Gasteiger partial charge in [0.2, 0.25) is 13.6 Å². The van der Waals surface area contributed by atoms with Crippen molar-refractivity contribution in [3.8, 4) is 23.0 Å². The van der Waals surface area contributed by atoms with Gasteiger partial charge in [0.1, 0.15) is 6.10 Å². The van der Waals surface area contributed by atoms with Crippen LogP contribution in [0, 0.1) is 0 Å². The lowest BCUT2D eigenvalue weighted by atomic mass is 9.98. The van der Waals surface area contributed by atoms with E-state index < -0.39 is 61.6 Å². The van der Waals surface area contributed by atoms with Crippen molar-refractivity contribution < 1.29 is 71.7 Å². The first-order valence-corrected chi connectivity index (χ1v) is 15.5. The van der Waals surface area contributed by atoms with Crippen LogP contribution in [0.4, 0.5) is 31.4 Å². The van der Waals surface area contributed by atoms with E-state index in [2.05, 4.69) is 16.0 Å². The molecule has 0 aromatic heterocycles. The molecule has 1 saturated heterocycles. The molecule has 3 amide bonds. The molecule has 1 fully saturated rings. The van der Waals surface area contributed by atoms with E-state index in [4.69, 9.17) is 47.4 Å². The van der Waals surface area contributed by atoms with Gasteiger partial charge in [-0.15, -0.1) is 0 Å². The largest absolute Gasteiger partial charge is 0.462 e. The van der Waals surface area contributed by atoms with E-state index >= 15 is 0 Å². The minimum Gasteiger partial charge on any atom is -0.462 e. The highest BCUT2D eigenvalue weighted by Crippen LogP contribution is 2.36. The minimum absolute atomic E-state index is 0.0101. The number of esters is 1. The average molecular weight is 712 g/mol. The second-order valence-corrected chi connectivity index (χ2v) is 10.9. The summed E-state index contributed by atoms with van der Waals surface area (Å²) >= 11 is 0. The third-order valence-corrected chi connectivity index (χ3v) is 7.61. The molecule has 4 N–H and O–H groups in total. The van der Waals surface area contributed by atoms with E-state index in [1.807, 2.05) is 0 Å². The molecule has 0 spiro atoms. The molecule has 0 saturated carbocycles. The Labute approximate surface area is 289 Å². The van der Waals surface area contributed by atoms with Crippen LogP contribution in [0.2, 0.25) is 0 Å². The zero-order valence-corrected chi connectivity index (χ0v) is 27.2. The standard InChI is InChI=1S/C33H33N3O15/c1-3-43-29(38)17-4-6-18(7-5-17)34-31(39)49-26-25(14-37)48-30(42-2)28(51-33(41)36-20-9-11-22-24(13-20)47-16-45-22)27(26)50-32(40)35-19-8-10-21-23(12-19)46-15-44-21/h4-13,25-28,30,37H,3,14-16H2,1-2H3,(H,34,39)(H,35,40)(H,36,41)/t25-,26-,27?,28-,30?/m1/s1. The van der Waals surface area contributed by atoms with Gasteiger partial charge < -0.3 is 52.5 Å². The molecule has 3 aromatic carbocycles. The van der Waals surface area contributed by atoms with Gasteiger partial charge in [-0.25, -0.2) is 19.2 Å². The number of benzene rings is 3. The van der Waals surface area contributed by atoms with Crippen molar-refractivity contribution in [2.75, 3.05) is 49.9 Å². The summed E-state index contributed by atoms with van der Waals surface area (Å²) in [6, 6.07) is 15.0.